The van der Waals surface area contributed by atoms with Crippen molar-refractivity contribution in [3.63, 3.8) is 0 Å². The molecule has 0 unspecified atom stereocenters. The number of piperidine rings is 1. The van der Waals surface area contributed by atoms with Crippen molar-refractivity contribution in [3.05, 3.63) is 114 Å². The van der Waals surface area contributed by atoms with E-state index in [4.69, 9.17) is 19.9 Å². The predicted octanol–water partition coefficient (Wildman–Crippen LogP) is 7.43. The zero-order chi connectivity index (χ0) is 32.3. The molecule has 1 saturated heterocycles. The van der Waals surface area contributed by atoms with Crippen molar-refractivity contribution >= 4 is 22.7 Å². The van der Waals surface area contributed by atoms with Crippen LogP contribution in [0.15, 0.2) is 97.1 Å². The van der Waals surface area contributed by atoms with Gasteiger partial charge in [0.1, 0.15) is 0 Å². The molecule has 5 aromatic rings. The molecule has 0 radical (unpaired) electrons. The fraction of sp³-hybridized carbons (Fsp3) is 0.222. The van der Waals surface area contributed by atoms with Crippen LogP contribution in [0.2, 0.25) is 0 Å². The molecule has 4 aromatic carbocycles. The van der Waals surface area contributed by atoms with Crippen LogP contribution < -0.4 is 5.32 Å². The number of carboxylic acids is 1. The van der Waals surface area contributed by atoms with Crippen molar-refractivity contribution < 1.29 is 23.1 Å². The Balaban J connectivity index is 0.000000480. The molecule has 1 fully saturated rings. The summed E-state index contributed by atoms with van der Waals surface area (Å²) >= 11 is 0. The van der Waals surface area contributed by atoms with Crippen LogP contribution >= 0.6 is 0 Å². The number of hydrogen-bond acceptors (Lipinski definition) is 6. The number of fused-ring (bicyclic) bond motifs is 3. The molecule has 3 heterocycles. The van der Waals surface area contributed by atoms with Crippen LogP contribution in [0.5, 0.6) is 0 Å². The Bertz CT molecular complexity index is 1910. The third kappa shape index (κ3) is 6.41. The third-order valence-electron chi connectivity index (χ3n) is 8.65. The lowest BCUT2D eigenvalue weighted by molar-refractivity contribution is -0.192. The van der Waals surface area contributed by atoms with Crippen LogP contribution in [0, 0.1) is 11.3 Å². The number of nitrogens with one attached hydrogen (secondary N) is 1. The van der Waals surface area contributed by atoms with Crippen LogP contribution in [0.25, 0.3) is 33.5 Å². The SMILES string of the molecule is N#Cc1ccc2nc(-c3ccc(CN4CCC5(CC4)CNc4ccccc45)cc3)c(-c3ccccc3)nc2c1.O=C(O)C(F)(F)F. The number of anilines is 1. The maximum atomic E-state index is 10.6. The number of alkyl halides is 3. The van der Waals surface area contributed by atoms with Gasteiger partial charge in [0, 0.05) is 35.3 Å². The highest BCUT2D eigenvalue weighted by Gasteiger charge is 2.41. The second kappa shape index (κ2) is 12.6. The minimum Gasteiger partial charge on any atom is -0.475 e. The lowest BCUT2D eigenvalue weighted by Gasteiger charge is -2.39. The number of hydrogen-bond donors (Lipinski definition) is 2. The fourth-order valence-corrected chi connectivity index (χ4v) is 6.19. The van der Waals surface area contributed by atoms with Crippen molar-refractivity contribution in [1.82, 2.24) is 14.9 Å². The largest absolute Gasteiger partial charge is 0.490 e. The Kier molecular flexibility index (Phi) is 8.43. The highest BCUT2D eigenvalue weighted by molar-refractivity contribution is 5.86. The minimum atomic E-state index is -5.08. The number of halogens is 3. The van der Waals surface area contributed by atoms with Gasteiger partial charge in [-0.3, -0.25) is 4.90 Å². The standard InChI is InChI=1S/C34H29N5.C2HF3O2/c35-21-25-12-15-30-31(20-25)38-32(26-6-2-1-3-7-26)33(37-30)27-13-10-24(11-14-27)22-39-18-16-34(17-19-39)23-36-29-9-5-4-8-28(29)34;3-2(4,5)1(6)7/h1-15,20,36H,16-19,22-23H2;(H,6,7). The summed E-state index contributed by atoms with van der Waals surface area (Å²) in [5, 5.41) is 20.1. The summed E-state index contributed by atoms with van der Waals surface area (Å²) in [5.41, 5.74) is 10.3. The van der Waals surface area contributed by atoms with Crippen LogP contribution in [0.4, 0.5) is 18.9 Å². The maximum absolute atomic E-state index is 10.6. The number of likely N-dealkylation sites (tertiary alicyclic amines) is 1. The van der Waals surface area contributed by atoms with Gasteiger partial charge < -0.3 is 10.4 Å². The van der Waals surface area contributed by atoms with E-state index in [-0.39, 0.29) is 5.41 Å². The number of para-hydroxylation sites is 1. The number of nitrogens with zero attached hydrogens (tertiary/aromatic N) is 4. The average molecular weight is 622 g/mol. The summed E-state index contributed by atoms with van der Waals surface area (Å²) in [6.45, 7) is 4.23. The first-order valence-electron chi connectivity index (χ1n) is 14.9. The Morgan fingerprint density at radius 1 is 0.870 bits per heavy atom. The number of aliphatic carboxylic acids is 1. The second-order valence-electron chi connectivity index (χ2n) is 11.6. The molecule has 7 nitrogen and oxygen atoms in total. The van der Waals surface area contributed by atoms with Gasteiger partial charge in [0.2, 0.25) is 0 Å². The lowest BCUT2D eigenvalue weighted by Crippen LogP contribution is -2.43. The van der Waals surface area contributed by atoms with Crippen LogP contribution in [0.1, 0.15) is 29.5 Å². The Hall–Kier alpha value is -5.27. The molecule has 10 heteroatoms. The van der Waals surface area contributed by atoms with Gasteiger partial charge >= 0.3 is 12.1 Å². The smallest absolute Gasteiger partial charge is 0.475 e. The zero-order valence-corrected chi connectivity index (χ0v) is 24.8. The topological polar surface area (TPSA) is 102 Å². The van der Waals surface area contributed by atoms with Crippen LogP contribution in [0.3, 0.4) is 0 Å². The van der Waals surface area contributed by atoms with Crippen molar-refractivity contribution in [1.29, 1.82) is 5.26 Å². The van der Waals surface area contributed by atoms with E-state index in [1.807, 2.05) is 30.3 Å². The normalized spacial score (nSPS) is 15.3. The second-order valence-corrected chi connectivity index (χ2v) is 11.6. The highest BCUT2D eigenvalue weighted by Crippen LogP contribution is 2.44. The zero-order valence-electron chi connectivity index (χ0n) is 24.8. The molecule has 2 N–H and O–H groups in total. The van der Waals surface area contributed by atoms with E-state index >= 15 is 0 Å². The van der Waals surface area contributed by atoms with Crippen molar-refractivity contribution in [3.8, 4) is 28.6 Å². The molecule has 0 saturated carbocycles. The van der Waals surface area contributed by atoms with Gasteiger partial charge in [-0.05, 0) is 61.3 Å². The first-order valence-corrected chi connectivity index (χ1v) is 14.9. The molecule has 1 spiro atoms. The van der Waals surface area contributed by atoms with Crippen molar-refractivity contribution in [2.24, 2.45) is 0 Å². The van der Waals surface area contributed by atoms with E-state index < -0.39 is 12.1 Å². The molecular weight excluding hydrogens is 591 g/mol. The molecule has 0 amide bonds. The number of benzene rings is 4. The summed E-state index contributed by atoms with van der Waals surface area (Å²) in [5.74, 6) is -2.76. The minimum absolute atomic E-state index is 0.285. The summed E-state index contributed by atoms with van der Waals surface area (Å²) < 4.78 is 31.7. The number of aromatic nitrogens is 2. The van der Waals surface area contributed by atoms with Gasteiger partial charge in [-0.1, -0.05) is 72.8 Å². The molecule has 2 aliphatic rings. The number of carbonyl (C=O) groups is 1. The van der Waals surface area contributed by atoms with E-state index in [1.165, 1.54) is 29.7 Å². The van der Waals surface area contributed by atoms with Gasteiger partial charge in [0.25, 0.3) is 0 Å². The van der Waals surface area contributed by atoms with Gasteiger partial charge in [0.15, 0.2) is 0 Å². The lowest BCUT2D eigenvalue weighted by atomic mass is 9.74. The van der Waals surface area contributed by atoms with E-state index in [1.54, 1.807) is 6.07 Å². The first kappa shape index (κ1) is 30.7. The van der Waals surface area contributed by atoms with Gasteiger partial charge in [-0.2, -0.15) is 18.4 Å². The molecule has 1 aromatic heterocycles. The molecular formula is C36H30F3N5O2. The van der Waals surface area contributed by atoms with Crippen LogP contribution in [-0.4, -0.2) is 51.8 Å². The van der Waals surface area contributed by atoms with Crippen molar-refractivity contribution in [2.75, 3.05) is 25.0 Å². The number of nitriles is 1. The van der Waals surface area contributed by atoms with E-state index in [2.05, 4.69) is 76.9 Å². The molecule has 2 aliphatic heterocycles. The fourth-order valence-electron chi connectivity index (χ4n) is 6.19. The number of carboxylic acid groups (broad SMARTS) is 1. The molecule has 232 valence electrons. The summed E-state index contributed by atoms with van der Waals surface area (Å²) in [7, 11) is 0. The third-order valence-corrected chi connectivity index (χ3v) is 8.65. The van der Waals surface area contributed by atoms with Gasteiger partial charge in [-0.15, -0.1) is 0 Å². The maximum Gasteiger partial charge on any atom is 0.490 e. The summed E-state index contributed by atoms with van der Waals surface area (Å²) in [6.07, 6.45) is -2.70. The van der Waals surface area contributed by atoms with Gasteiger partial charge in [0.05, 0.1) is 34.1 Å². The first-order chi connectivity index (χ1) is 22.1. The number of rotatable bonds is 4. The summed E-state index contributed by atoms with van der Waals surface area (Å²) in [4.78, 5) is 21.5. The Labute approximate surface area is 264 Å². The van der Waals surface area contributed by atoms with Gasteiger partial charge in [-0.25, -0.2) is 14.8 Å². The predicted molar refractivity (Wildman–Crippen MR) is 170 cm³/mol. The van der Waals surface area contributed by atoms with Crippen LogP contribution in [-0.2, 0) is 16.8 Å². The molecule has 0 aliphatic carbocycles. The quantitative estimate of drug-likeness (QED) is 0.215. The van der Waals surface area contributed by atoms with E-state index in [0.29, 0.717) is 5.56 Å². The molecule has 0 atom stereocenters. The van der Waals surface area contributed by atoms with E-state index in [0.717, 1.165) is 59.7 Å². The Morgan fingerprint density at radius 2 is 1.48 bits per heavy atom. The van der Waals surface area contributed by atoms with E-state index in [9.17, 15) is 18.4 Å². The average Bonchev–Trinajstić information content (AvgIpc) is 3.43. The molecule has 7 rings (SSSR count). The molecule has 0 bridgehead atoms. The van der Waals surface area contributed by atoms with Crippen molar-refractivity contribution in [2.45, 2.75) is 31.0 Å². The molecule has 46 heavy (non-hydrogen) atoms. The summed E-state index contributed by atoms with van der Waals surface area (Å²) in [6, 6.07) is 35.5. The Morgan fingerprint density at radius 3 is 2.13 bits per heavy atom. The monoisotopic (exact) mass is 621 g/mol. The highest BCUT2D eigenvalue weighted by atomic mass is 19.4.